The zero-order chi connectivity index (χ0) is 26.3. The lowest BCUT2D eigenvalue weighted by Crippen LogP contribution is -2.35. The molecule has 0 aliphatic carbocycles. The van der Waals surface area contributed by atoms with E-state index in [-0.39, 0.29) is 11.8 Å². The van der Waals surface area contributed by atoms with Gasteiger partial charge in [0.05, 0.1) is 0 Å². The summed E-state index contributed by atoms with van der Waals surface area (Å²) in [6.07, 6.45) is -3.06. The topological polar surface area (TPSA) is 96.0 Å². The fourth-order valence-corrected chi connectivity index (χ4v) is 3.77. The number of nitrogens with one attached hydrogen (secondary N) is 2. The summed E-state index contributed by atoms with van der Waals surface area (Å²) < 4.78 is 41.0. The van der Waals surface area contributed by atoms with E-state index in [0.29, 0.717) is 24.6 Å². The van der Waals surface area contributed by atoms with E-state index < -0.39 is 6.36 Å². The molecule has 11 heteroatoms. The van der Waals surface area contributed by atoms with E-state index >= 15 is 0 Å². The first-order chi connectivity index (χ1) is 17.8. The van der Waals surface area contributed by atoms with Gasteiger partial charge in [0.2, 0.25) is 0 Å². The predicted molar refractivity (Wildman–Crippen MR) is 133 cm³/mol. The zero-order valence-corrected chi connectivity index (χ0v) is 20.0. The van der Waals surface area contributed by atoms with Crippen LogP contribution in [0, 0.1) is 0 Å². The number of aromatic amines is 1. The molecule has 1 heterocycles. The Bertz CT molecular complexity index is 1290. The van der Waals surface area contributed by atoms with Crippen molar-refractivity contribution in [3.8, 4) is 28.3 Å². The van der Waals surface area contributed by atoms with Crippen LogP contribution in [0.3, 0.4) is 0 Å². The average Bonchev–Trinajstić information content (AvgIpc) is 3.42. The van der Waals surface area contributed by atoms with Gasteiger partial charge in [-0.3, -0.25) is 0 Å². The molecule has 1 aromatic heterocycles. The Balaban J connectivity index is 1.45. The Morgan fingerprint density at radius 1 is 1.00 bits per heavy atom. The number of urea groups is 1. The number of H-pyrrole nitrogens is 1. The third-order valence-corrected chi connectivity index (χ3v) is 5.57. The number of carbonyl (C=O) groups excluding carboxylic acids is 1. The molecule has 0 saturated heterocycles. The summed E-state index contributed by atoms with van der Waals surface area (Å²) in [5.41, 5.74) is 4.11. The van der Waals surface area contributed by atoms with E-state index in [2.05, 4.69) is 30.7 Å². The van der Waals surface area contributed by atoms with Gasteiger partial charge in [0.1, 0.15) is 5.75 Å². The number of alkyl halides is 3. The smallest absolute Gasteiger partial charge is 0.406 e. The SMILES string of the molecule is CCCCN(Cc1ccc(-c2ccccc2-c2nnn[nH]2)cc1)C(=O)Nc1ccc(OC(F)(F)F)cc1. The molecule has 2 amide bonds. The standard InChI is InChI=1S/C26H25F3N6O2/c1-2-3-16-35(25(36)30-20-12-14-21(15-13-20)37-26(27,28)29)17-18-8-10-19(11-9-18)22-6-4-5-7-23(22)24-31-33-34-32-24/h4-15H,2-3,16-17H2,1H3,(H,30,36)(H,31,32,33,34). The number of ether oxygens (including phenoxy) is 1. The molecule has 3 aromatic carbocycles. The van der Waals surface area contributed by atoms with E-state index in [0.717, 1.165) is 47.2 Å². The summed E-state index contributed by atoms with van der Waals surface area (Å²) in [4.78, 5) is 14.7. The average molecular weight is 511 g/mol. The minimum Gasteiger partial charge on any atom is -0.406 e. The Hall–Kier alpha value is -4.41. The molecule has 4 rings (SSSR count). The van der Waals surface area contributed by atoms with Crippen molar-refractivity contribution < 1.29 is 22.7 Å². The molecular weight excluding hydrogens is 485 g/mol. The number of unbranched alkanes of at least 4 members (excludes halogenated alkanes) is 1. The van der Waals surface area contributed by atoms with Gasteiger partial charge < -0.3 is 15.0 Å². The number of anilines is 1. The second-order valence-corrected chi connectivity index (χ2v) is 8.27. The molecule has 37 heavy (non-hydrogen) atoms. The van der Waals surface area contributed by atoms with Crippen LogP contribution in [0.1, 0.15) is 25.3 Å². The van der Waals surface area contributed by atoms with Crippen molar-refractivity contribution in [1.29, 1.82) is 0 Å². The van der Waals surface area contributed by atoms with Gasteiger partial charge in [0.25, 0.3) is 0 Å². The molecule has 0 aliphatic rings. The quantitative estimate of drug-likeness (QED) is 0.277. The second-order valence-electron chi connectivity index (χ2n) is 8.27. The van der Waals surface area contributed by atoms with Gasteiger partial charge in [-0.05, 0) is 57.8 Å². The highest BCUT2D eigenvalue weighted by atomic mass is 19.4. The Kier molecular flexibility index (Phi) is 8.02. The number of amides is 2. The molecule has 0 bridgehead atoms. The number of nitrogens with zero attached hydrogens (tertiary/aromatic N) is 4. The van der Waals surface area contributed by atoms with Crippen molar-refractivity contribution in [2.75, 3.05) is 11.9 Å². The van der Waals surface area contributed by atoms with Crippen molar-refractivity contribution in [3.05, 3.63) is 78.4 Å². The number of aromatic nitrogens is 4. The third-order valence-electron chi connectivity index (χ3n) is 5.57. The largest absolute Gasteiger partial charge is 0.573 e. The van der Waals surface area contributed by atoms with Crippen molar-refractivity contribution >= 4 is 11.7 Å². The van der Waals surface area contributed by atoms with Gasteiger partial charge in [0.15, 0.2) is 5.82 Å². The normalized spacial score (nSPS) is 11.2. The molecule has 0 fully saturated rings. The van der Waals surface area contributed by atoms with Gasteiger partial charge in [-0.1, -0.05) is 61.9 Å². The van der Waals surface area contributed by atoms with Crippen LogP contribution in [0.5, 0.6) is 5.75 Å². The van der Waals surface area contributed by atoms with Crippen molar-refractivity contribution in [3.63, 3.8) is 0 Å². The number of carbonyl (C=O) groups is 1. The summed E-state index contributed by atoms with van der Waals surface area (Å²) in [7, 11) is 0. The number of rotatable bonds is 9. The minimum absolute atomic E-state index is 0.342. The van der Waals surface area contributed by atoms with Crippen molar-refractivity contribution in [2.24, 2.45) is 0 Å². The molecule has 0 aliphatic heterocycles. The fraction of sp³-hybridized carbons (Fsp3) is 0.231. The monoisotopic (exact) mass is 510 g/mol. The summed E-state index contributed by atoms with van der Waals surface area (Å²) in [5.74, 6) is 0.217. The first-order valence-corrected chi connectivity index (χ1v) is 11.7. The molecule has 8 nitrogen and oxygen atoms in total. The van der Waals surface area contributed by atoms with Crippen LogP contribution in [0.2, 0.25) is 0 Å². The van der Waals surface area contributed by atoms with E-state index in [1.54, 1.807) is 4.90 Å². The number of tetrazole rings is 1. The van der Waals surface area contributed by atoms with E-state index in [9.17, 15) is 18.0 Å². The highest BCUT2D eigenvalue weighted by Crippen LogP contribution is 2.30. The minimum atomic E-state index is -4.77. The fourth-order valence-electron chi connectivity index (χ4n) is 3.77. The van der Waals surface area contributed by atoms with Crippen LogP contribution in [-0.2, 0) is 6.54 Å². The predicted octanol–water partition coefficient (Wildman–Crippen LogP) is 6.27. The van der Waals surface area contributed by atoms with Gasteiger partial charge in [0, 0.05) is 24.3 Å². The van der Waals surface area contributed by atoms with Crippen LogP contribution in [-0.4, -0.2) is 44.5 Å². The van der Waals surface area contributed by atoms with Gasteiger partial charge in [-0.15, -0.1) is 18.3 Å². The van der Waals surface area contributed by atoms with Crippen LogP contribution in [0.15, 0.2) is 72.8 Å². The number of hydrogen-bond acceptors (Lipinski definition) is 5. The summed E-state index contributed by atoms with van der Waals surface area (Å²) in [5, 5.41) is 16.9. The first-order valence-electron chi connectivity index (χ1n) is 11.7. The molecule has 0 radical (unpaired) electrons. The number of benzene rings is 3. The molecule has 192 valence electrons. The molecule has 0 saturated carbocycles. The second kappa shape index (κ2) is 11.5. The molecular formula is C26H25F3N6O2. The van der Waals surface area contributed by atoms with Gasteiger partial charge in [-0.2, -0.15) is 0 Å². The van der Waals surface area contributed by atoms with E-state index in [1.165, 1.54) is 12.1 Å². The summed E-state index contributed by atoms with van der Waals surface area (Å²) in [6.45, 7) is 2.93. The van der Waals surface area contributed by atoms with E-state index in [4.69, 9.17) is 0 Å². The van der Waals surface area contributed by atoms with Crippen LogP contribution < -0.4 is 10.1 Å². The maximum Gasteiger partial charge on any atom is 0.573 e. The van der Waals surface area contributed by atoms with Crippen molar-refractivity contribution in [2.45, 2.75) is 32.7 Å². The van der Waals surface area contributed by atoms with Crippen LogP contribution in [0.25, 0.3) is 22.5 Å². The zero-order valence-electron chi connectivity index (χ0n) is 20.0. The molecule has 0 spiro atoms. The van der Waals surface area contributed by atoms with Gasteiger partial charge >= 0.3 is 12.4 Å². The Labute approximate surface area is 211 Å². The molecule has 2 N–H and O–H groups in total. The lowest BCUT2D eigenvalue weighted by Gasteiger charge is -2.23. The highest BCUT2D eigenvalue weighted by molar-refractivity contribution is 5.89. The van der Waals surface area contributed by atoms with Gasteiger partial charge in [-0.25, -0.2) is 9.89 Å². The lowest BCUT2D eigenvalue weighted by atomic mass is 9.98. The lowest BCUT2D eigenvalue weighted by molar-refractivity contribution is -0.274. The maximum atomic E-state index is 13.0. The molecule has 4 aromatic rings. The number of halogens is 3. The summed E-state index contributed by atoms with van der Waals surface area (Å²) in [6, 6.07) is 20.4. The Morgan fingerprint density at radius 2 is 1.70 bits per heavy atom. The first kappa shape index (κ1) is 25.7. The van der Waals surface area contributed by atoms with Crippen molar-refractivity contribution in [1.82, 2.24) is 25.5 Å². The highest BCUT2D eigenvalue weighted by Gasteiger charge is 2.31. The number of hydrogen-bond donors (Lipinski definition) is 2. The molecule has 0 unspecified atom stereocenters. The maximum absolute atomic E-state index is 13.0. The third kappa shape index (κ3) is 7.06. The van der Waals surface area contributed by atoms with Crippen LogP contribution >= 0.6 is 0 Å². The van der Waals surface area contributed by atoms with E-state index in [1.807, 2.05) is 55.5 Å². The molecule has 0 atom stereocenters. The summed E-state index contributed by atoms with van der Waals surface area (Å²) >= 11 is 0. The van der Waals surface area contributed by atoms with Crippen LogP contribution in [0.4, 0.5) is 23.7 Å². The Morgan fingerprint density at radius 3 is 2.32 bits per heavy atom.